The van der Waals surface area contributed by atoms with E-state index in [1.54, 1.807) is 18.4 Å². The average Bonchev–Trinajstić information content (AvgIpc) is 2.86. The van der Waals surface area contributed by atoms with Gasteiger partial charge in [0.05, 0.1) is 7.11 Å². The molecule has 1 aromatic heterocycles. The molecule has 100 valence electrons. The zero-order chi connectivity index (χ0) is 13.7. The Morgan fingerprint density at radius 1 is 1.16 bits per heavy atom. The largest absolute Gasteiger partial charge is 0.497 e. The van der Waals surface area contributed by atoms with Crippen LogP contribution in [0, 0.1) is 0 Å². The van der Waals surface area contributed by atoms with Gasteiger partial charge in [-0.05, 0) is 36.2 Å². The number of thiophene rings is 1. The van der Waals surface area contributed by atoms with Crippen molar-refractivity contribution in [2.75, 3.05) is 7.11 Å². The molecule has 2 nitrogen and oxygen atoms in total. The number of carbonyl (C=O) groups excluding carboxylic acids is 1. The molecule has 0 unspecified atom stereocenters. The van der Waals surface area contributed by atoms with Crippen LogP contribution in [0.3, 0.4) is 0 Å². The standard InChI is InChI=1S/C16H18O2S/c1-3-15-7-8-16(19-15)11-13(17)9-12-5-4-6-14(10-12)18-2/h4-8,10H,3,9,11H2,1-2H3. The Kier molecular flexibility index (Phi) is 4.74. The first-order valence-corrected chi connectivity index (χ1v) is 7.25. The second-order valence-corrected chi connectivity index (χ2v) is 5.72. The first kappa shape index (κ1) is 13.8. The lowest BCUT2D eigenvalue weighted by Crippen LogP contribution is -2.05. The number of carbonyl (C=O) groups is 1. The molecule has 2 aromatic rings. The van der Waals surface area contributed by atoms with Crippen molar-refractivity contribution in [2.24, 2.45) is 0 Å². The molecule has 0 fully saturated rings. The minimum atomic E-state index is 0.248. The zero-order valence-corrected chi connectivity index (χ0v) is 12.1. The summed E-state index contributed by atoms with van der Waals surface area (Å²) in [5.41, 5.74) is 1.01. The molecule has 0 aliphatic rings. The minimum absolute atomic E-state index is 0.248. The lowest BCUT2D eigenvalue weighted by Gasteiger charge is -2.03. The number of aryl methyl sites for hydroxylation is 1. The maximum atomic E-state index is 12.0. The van der Waals surface area contributed by atoms with E-state index in [1.165, 1.54) is 4.88 Å². The normalized spacial score (nSPS) is 10.4. The number of hydrogen-bond donors (Lipinski definition) is 0. The van der Waals surface area contributed by atoms with Crippen molar-refractivity contribution < 1.29 is 9.53 Å². The monoisotopic (exact) mass is 274 g/mol. The summed E-state index contributed by atoms with van der Waals surface area (Å²) in [6.07, 6.45) is 2.03. The van der Waals surface area contributed by atoms with Gasteiger partial charge in [-0.3, -0.25) is 4.79 Å². The highest BCUT2D eigenvalue weighted by Crippen LogP contribution is 2.19. The molecule has 1 aromatic carbocycles. The zero-order valence-electron chi connectivity index (χ0n) is 11.3. The van der Waals surface area contributed by atoms with Crippen LogP contribution in [0.5, 0.6) is 5.75 Å². The third kappa shape index (κ3) is 3.93. The smallest absolute Gasteiger partial charge is 0.142 e. The maximum Gasteiger partial charge on any atom is 0.142 e. The van der Waals surface area contributed by atoms with Crippen molar-refractivity contribution in [3.63, 3.8) is 0 Å². The second kappa shape index (κ2) is 6.53. The highest BCUT2D eigenvalue weighted by molar-refractivity contribution is 7.12. The fraction of sp³-hybridized carbons (Fsp3) is 0.312. The van der Waals surface area contributed by atoms with Gasteiger partial charge in [-0.1, -0.05) is 19.1 Å². The second-order valence-electron chi connectivity index (χ2n) is 4.47. The fourth-order valence-electron chi connectivity index (χ4n) is 1.97. The number of benzene rings is 1. The van der Waals surface area contributed by atoms with Gasteiger partial charge in [0.25, 0.3) is 0 Å². The molecule has 0 saturated heterocycles. The first-order chi connectivity index (χ1) is 9.21. The molecule has 1 heterocycles. The van der Waals surface area contributed by atoms with E-state index >= 15 is 0 Å². The molecule has 0 bridgehead atoms. The molecular formula is C16H18O2S. The molecule has 0 radical (unpaired) electrons. The SMILES string of the molecule is CCc1ccc(CC(=O)Cc2cccc(OC)c2)s1. The third-order valence-corrected chi connectivity index (χ3v) is 4.20. The van der Waals surface area contributed by atoms with E-state index in [4.69, 9.17) is 4.74 Å². The van der Waals surface area contributed by atoms with Gasteiger partial charge in [0, 0.05) is 22.6 Å². The highest BCUT2D eigenvalue weighted by Gasteiger charge is 2.08. The number of rotatable bonds is 6. The van der Waals surface area contributed by atoms with Crippen molar-refractivity contribution in [1.29, 1.82) is 0 Å². The number of Topliss-reactive ketones (excluding diaryl/α,β-unsaturated/α-hetero) is 1. The fourth-order valence-corrected chi connectivity index (χ4v) is 2.96. The van der Waals surface area contributed by atoms with Crippen LogP contribution < -0.4 is 4.74 Å². The summed E-state index contributed by atoms with van der Waals surface area (Å²) in [6, 6.07) is 11.9. The number of hydrogen-bond acceptors (Lipinski definition) is 3. The van der Waals surface area contributed by atoms with Crippen molar-refractivity contribution in [3.05, 3.63) is 51.7 Å². The molecule has 3 heteroatoms. The molecule has 0 saturated carbocycles. The molecular weight excluding hydrogens is 256 g/mol. The summed E-state index contributed by atoms with van der Waals surface area (Å²) in [5, 5.41) is 0. The quantitative estimate of drug-likeness (QED) is 0.803. The Hall–Kier alpha value is -1.61. The van der Waals surface area contributed by atoms with Crippen LogP contribution in [0.2, 0.25) is 0 Å². The van der Waals surface area contributed by atoms with Crippen molar-refractivity contribution >= 4 is 17.1 Å². The Morgan fingerprint density at radius 2 is 1.95 bits per heavy atom. The molecule has 19 heavy (non-hydrogen) atoms. The summed E-state index contributed by atoms with van der Waals surface area (Å²) in [6.45, 7) is 2.13. The predicted molar refractivity (Wildman–Crippen MR) is 79.1 cm³/mol. The van der Waals surface area contributed by atoms with E-state index in [9.17, 15) is 4.79 Å². The summed E-state index contributed by atoms with van der Waals surface area (Å²) < 4.78 is 5.16. The van der Waals surface area contributed by atoms with Gasteiger partial charge in [0.2, 0.25) is 0 Å². The van der Waals surface area contributed by atoms with Gasteiger partial charge in [-0.15, -0.1) is 11.3 Å². The topological polar surface area (TPSA) is 26.3 Å². The maximum absolute atomic E-state index is 12.0. The van der Waals surface area contributed by atoms with Gasteiger partial charge in [0.15, 0.2) is 0 Å². The summed E-state index contributed by atoms with van der Waals surface area (Å²) in [5.74, 6) is 1.05. The number of ketones is 1. The van der Waals surface area contributed by atoms with E-state index in [2.05, 4.69) is 19.1 Å². The molecule has 0 amide bonds. The summed E-state index contributed by atoms with van der Waals surface area (Å²) in [7, 11) is 1.64. The highest BCUT2D eigenvalue weighted by atomic mass is 32.1. The van der Waals surface area contributed by atoms with Crippen LogP contribution in [0.4, 0.5) is 0 Å². The summed E-state index contributed by atoms with van der Waals surface area (Å²) in [4.78, 5) is 14.5. The Bertz CT molecular complexity index is 557. The molecule has 0 spiro atoms. The molecule has 0 N–H and O–H groups in total. The van der Waals surface area contributed by atoms with E-state index in [0.717, 1.165) is 22.6 Å². The van der Waals surface area contributed by atoms with Gasteiger partial charge in [-0.2, -0.15) is 0 Å². The Labute approximate surface area is 118 Å². The van der Waals surface area contributed by atoms with Crippen LogP contribution in [-0.2, 0) is 24.1 Å². The molecule has 0 aliphatic carbocycles. The predicted octanol–water partition coefficient (Wildman–Crippen LogP) is 3.67. The Morgan fingerprint density at radius 3 is 2.63 bits per heavy atom. The van der Waals surface area contributed by atoms with Crippen LogP contribution in [0.1, 0.15) is 22.2 Å². The minimum Gasteiger partial charge on any atom is -0.497 e. The van der Waals surface area contributed by atoms with Crippen LogP contribution >= 0.6 is 11.3 Å². The summed E-state index contributed by atoms with van der Waals surface area (Å²) >= 11 is 1.73. The van der Waals surface area contributed by atoms with Crippen LogP contribution in [0.25, 0.3) is 0 Å². The van der Waals surface area contributed by atoms with Crippen LogP contribution in [-0.4, -0.2) is 12.9 Å². The van der Waals surface area contributed by atoms with Crippen molar-refractivity contribution in [3.8, 4) is 5.75 Å². The number of ether oxygens (including phenoxy) is 1. The molecule has 2 rings (SSSR count). The van der Waals surface area contributed by atoms with Crippen molar-refractivity contribution in [1.82, 2.24) is 0 Å². The van der Waals surface area contributed by atoms with Crippen molar-refractivity contribution in [2.45, 2.75) is 26.2 Å². The first-order valence-electron chi connectivity index (χ1n) is 6.43. The molecule has 0 aliphatic heterocycles. The van der Waals surface area contributed by atoms with Gasteiger partial charge in [0.1, 0.15) is 11.5 Å². The van der Waals surface area contributed by atoms with Gasteiger partial charge >= 0.3 is 0 Å². The average molecular weight is 274 g/mol. The van der Waals surface area contributed by atoms with E-state index in [1.807, 2.05) is 24.3 Å². The van der Waals surface area contributed by atoms with E-state index in [-0.39, 0.29) is 5.78 Å². The Balaban J connectivity index is 1.96. The van der Waals surface area contributed by atoms with Gasteiger partial charge in [-0.25, -0.2) is 0 Å². The molecule has 0 atom stereocenters. The van der Waals surface area contributed by atoms with E-state index < -0.39 is 0 Å². The lowest BCUT2D eigenvalue weighted by molar-refractivity contribution is -0.117. The lowest BCUT2D eigenvalue weighted by atomic mass is 10.1. The van der Waals surface area contributed by atoms with Crippen LogP contribution in [0.15, 0.2) is 36.4 Å². The van der Waals surface area contributed by atoms with E-state index in [0.29, 0.717) is 12.8 Å². The number of methoxy groups -OCH3 is 1. The third-order valence-electron chi connectivity index (χ3n) is 2.97. The van der Waals surface area contributed by atoms with Gasteiger partial charge < -0.3 is 4.74 Å².